The third kappa shape index (κ3) is 4.86. The van der Waals surface area contributed by atoms with Gasteiger partial charge in [-0.15, -0.1) is 11.3 Å². The van der Waals surface area contributed by atoms with E-state index in [0.717, 1.165) is 52.5 Å². The van der Waals surface area contributed by atoms with Gasteiger partial charge in [0.15, 0.2) is 5.76 Å². The number of carbonyl (C=O) groups is 1. The lowest BCUT2D eigenvalue weighted by molar-refractivity contribution is -0.0498. The second-order valence-corrected chi connectivity index (χ2v) is 9.13. The van der Waals surface area contributed by atoms with Crippen molar-refractivity contribution in [2.75, 3.05) is 18.4 Å². The molecule has 8 heteroatoms. The number of furan rings is 1. The summed E-state index contributed by atoms with van der Waals surface area (Å²) in [5.74, 6) is 0.0870. The van der Waals surface area contributed by atoms with Gasteiger partial charge < -0.3 is 14.5 Å². The number of alkyl halides is 2. The van der Waals surface area contributed by atoms with Crippen molar-refractivity contribution < 1.29 is 22.7 Å². The first-order chi connectivity index (χ1) is 15.4. The number of nitrogens with one attached hydrogen (secondary N) is 1. The molecule has 1 aromatic carbocycles. The SMILES string of the molecule is Cc1sc(NC(=O)c2ccco2)c([C@@H](c2ccc(OC(F)F)cc2)N2CCCCC2)c1C. The van der Waals surface area contributed by atoms with Crippen LogP contribution in [0.3, 0.4) is 0 Å². The van der Waals surface area contributed by atoms with E-state index < -0.39 is 6.61 Å². The smallest absolute Gasteiger partial charge is 0.387 e. The van der Waals surface area contributed by atoms with Gasteiger partial charge in [0.05, 0.1) is 12.3 Å². The Morgan fingerprint density at radius 3 is 2.47 bits per heavy atom. The highest BCUT2D eigenvalue weighted by molar-refractivity contribution is 7.16. The quantitative estimate of drug-likeness (QED) is 0.444. The average Bonchev–Trinajstić information content (AvgIpc) is 3.40. The minimum absolute atomic E-state index is 0.104. The van der Waals surface area contributed by atoms with E-state index in [-0.39, 0.29) is 23.5 Å². The zero-order chi connectivity index (χ0) is 22.7. The third-order valence-corrected chi connectivity index (χ3v) is 6.99. The lowest BCUT2D eigenvalue weighted by Crippen LogP contribution is -2.35. The van der Waals surface area contributed by atoms with Crippen molar-refractivity contribution >= 4 is 22.2 Å². The molecule has 0 radical (unpaired) electrons. The zero-order valence-corrected chi connectivity index (χ0v) is 18.9. The van der Waals surface area contributed by atoms with E-state index in [4.69, 9.17) is 4.42 Å². The largest absolute Gasteiger partial charge is 0.459 e. The number of anilines is 1. The summed E-state index contributed by atoms with van der Waals surface area (Å²) in [6.45, 7) is 3.11. The fourth-order valence-corrected chi connectivity index (χ4v) is 5.29. The molecule has 1 N–H and O–H groups in total. The van der Waals surface area contributed by atoms with Crippen LogP contribution in [-0.2, 0) is 0 Å². The van der Waals surface area contributed by atoms with Crippen molar-refractivity contribution in [1.82, 2.24) is 4.90 Å². The van der Waals surface area contributed by atoms with Crippen molar-refractivity contribution in [1.29, 1.82) is 0 Å². The number of likely N-dealkylation sites (tertiary alicyclic amines) is 1. The fraction of sp³-hybridized carbons (Fsp3) is 0.375. The van der Waals surface area contributed by atoms with Gasteiger partial charge in [0.25, 0.3) is 5.91 Å². The predicted molar refractivity (Wildman–Crippen MR) is 121 cm³/mol. The Bertz CT molecular complexity index is 1040. The van der Waals surface area contributed by atoms with Gasteiger partial charge in [-0.25, -0.2) is 0 Å². The molecule has 0 spiro atoms. The van der Waals surface area contributed by atoms with Crippen molar-refractivity contribution in [3.8, 4) is 5.75 Å². The van der Waals surface area contributed by atoms with Crippen LogP contribution >= 0.6 is 11.3 Å². The van der Waals surface area contributed by atoms with Crippen LogP contribution in [0.4, 0.5) is 13.8 Å². The lowest BCUT2D eigenvalue weighted by Gasteiger charge is -2.36. The van der Waals surface area contributed by atoms with E-state index in [0.29, 0.717) is 0 Å². The molecule has 3 aromatic rings. The van der Waals surface area contributed by atoms with Gasteiger partial charge in [0, 0.05) is 10.4 Å². The fourth-order valence-electron chi connectivity index (χ4n) is 4.21. The van der Waals surface area contributed by atoms with Gasteiger partial charge in [0.2, 0.25) is 0 Å². The number of piperidine rings is 1. The molecule has 0 bridgehead atoms. The maximum Gasteiger partial charge on any atom is 0.387 e. The van der Waals surface area contributed by atoms with Crippen molar-refractivity contribution in [3.05, 3.63) is 70.0 Å². The molecule has 5 nitrogen and oxygen atoms in total. The minimum Gasteiger partial charge on any atom is -0.459 e. The molecule has 170 valence electrons. The van der Waals surface area contributed by atoms with Crippen LogP contribution in [0.15, 0.2) is 47.1 Å². The van der Waals surface area contributed by atoms with Gasteiger partial charge in [-0.2, -0.15) is 8.78 Å². The van der Waals surface area contributed by atoms with E-state index >= 15 is 0 Å². The number of rotatable bonds is 7. The van der Waals surface area contributed by atoms with Gasteiger partial charge in [-0.05, 0) is 75.2 Å². The Morgan fingerprint density at radius 2 is 1.84 bits per heavy atom. The molecular weight excluding hydrogens is 434 g/mol. The summed E-state index contributed by atoms with van der Waals surface area (Å²) in [6.07, 6.45) is 4.85. The van der Waals surface area contributed by atoms with Gasteiger partial charge in [0.1, 0.15) is 10.8 Å². The molecule has 32 heavy (non-hydrogen) atoms. The maximum atomic E-state index is 12.7. The molecule has 1 amide bonds. The summed E-state index contributed by atoms with van der Waals surface area (Å²) in [7, 11) is 0. The van der Waals surface area contributed by atoms with Crippen LogP contribution in [0.5, 0.6) is 5.75 Å². The number of benzene rings is 1. The summed E-state index contributed by atoms with van der Waals surface area (Å²) in [4.78, 5) is 16.3. The molecule has 1 aliphatic rings. The molecular formula is C24H26F2N2O3S. The number of aryl methyl sites for hydroxylation is 1. The van der Waals surface area contributed by atoms with Crippen molar-refractivity contribution in [3.63, 3.8) is 0 Å². The van der Waals surface area contributed by atoms with E-state index in [2.05, 4.69) is 21.9 Å². The summed E-state index contributed by atoms with van der Waals surface area (Å²) in [5.41, 5.74) is 3.13. The molecule has 1 saturated heterocycles. The van der Waals surface area contributed by atoms with Crippen molar-refractivity contribution in [2.24, 2.45) is 0 Å². The Morgan fingerprint density at radius 1 is 1.12 bits per heavy atom. The van der Waals surface area contributed by atoms with Crippen LogP contribution in [0.2, 0.25) is 0 Å². The second-order valence-electron chi connectivity index (χ2n) is 7.90. The van der Waals surface area contributed by atoms with Crippen LogP contribution in [-0.4, -0.2) is 30.5 Å². The summed E-state index contributed by atoms with van der Waals surface area (Å²) < 4.78 is 35.0. The molecule has 0 saturated carbocycles. The highest BCUT2D eigenvalue weighted by atomic mass is 32.1. The van der Waals surface area contributed by atoms with Crippen molar-refractivity contribution in [2.45, 2.75) is 45.8 Å². The van der Waals surface area contributed by atoms with Gasteiger partial charge in [-0.1, -0.05) is 18.6 Å². The number of hydrogen-bond donors (Lipinski definition) is 1. The number of ether oxygens (including phenoxy) is 1. The van der Waals surface area contributed by atoms with Crippen LogP contribution < -0.4 is 10.1 Å². The van der Waals surface area contributed by atoms with Crippen LogP contribution in [0.25, 0.3) is 0 Å². The highest BCUT2D eigenvalue weighted by Crippen LogP contribution is 2.43. The summed E-state index contributed by atoms with van der Waals surface area (Å²) in [6, 6.07) is 10.0. The predicted octanol–water partition coefficient (Wildman–Crippen LogP) is 6.39. The number of thiophene rings is 1. The standard InChI is InChI=1S/C24H26F2N2O3S/c1-15-16(2)32-23(27-22(29)19-7-6-14-30-19)20(15)21(28-12-4-3-5-13-28)17-8-10-18(11-9-17)31-24(25)26/h6-11,14,21,24H,3-5,12-13H2,1-2H3,(H,27,29)/t21-/m1/s1. The molecule has 0 unspecified atom stereocenters. The highest BCUT2D eigenvalue weighted by Gasteiger charge is 2.30. The summed E-state index contributed by atoms with van der Waals surface area (Å²) >= 11 is 1.54. The number of nitrogens with zero attached hydrogens (tertiary/aromatic N) is 1. The normalized spacial score (nSPS) is 15.7. The maximum absolute atomic E-state index is 12.7. The monoisotopic (exact) mass is 460 g/mol. The Labute approximate surface area is 190 Å². The van der Waals surface area contributed by atoms with E-state index in [9.17, 15) is 13.6 Å². The zero-order valence-electron chi connectivity index (χ0n) is 18.1. The van der Waals surface area contributed by atoms with Gasteiger partial charge >= 0.3 is 6.61 Å². The molecule has 2 aromatic heterocycles. The lowest BCUT2D eigenvalue weighted by atomic mass is 9.93. The van der Waals surface area contributed by atoms with Crippen LogP contribution in [0, 0.1) is 13.8 Å². The van der Waals surface area contributed by atoms with Crippen LogP contribution in [0.1, 0.15) is 57.4 Å². The van der Waals surface area contributed by atoms with E-state index in [1.807, 2.05) is 19.1 Å². The molecule has 1 aliphatic heterocycles. The Balaban J connectivity index is 1.73. The molecule has 0 aliphatic carbocycles. The number of carbonyl (C=O) groups excluding carboxylic acids is 1. The first-order valence-corrected chi connectivity index (χ1v) is 11.5. The molecule has 1 atom stereocenters. The summed E-state index contributed by atoms with van der Waals surface area (Å²) in [5, 5.41) is 3.82. The van der Waals surface area contributed by atoms with E-state index in [1.165, 1.54) is 12.7 Å². The Hall–Kier alpha value is -2.71. The van der Waals surface area contributed by atoms with Gasteiger partial charge in [-0.3, -0.25) is 9.69 Å². The molecule has 3 heterocycles. The number of amides is 1. The topological polar surface area (TPSA) is 54.7 Å². The molecule has 1 fully saturated rings. The average molecular weight is 461 g/mol. The second kappa shape index (κ2) is 9.83. The number of halogens is 2. The first-order valence-electron chi connectivity index (χ1n) is 10.7. The number of hydrogen-bond acceptors (Lipinski definition) is 5. The first kappa shape index (κ1) is 22.5. The minimum atomic E-state index is -2.86. The van der Waals surface area contributed by atoms with E-state index in [1.54, 1.807) is 35.6 Å². The Kier molecular flexibility index (Phi) is 6.91. The third-order valence-electron chi connectivity index (χ3n) is 5.85. The molecule has 4 rings (SSSR count).